The van der Waals surface area contributed by atoms with Crippen LogP contribution in [0.3, 0.4) is 0 Å². The molecule has 5 nitrogen and oxygen atoms in total. The highest BCUT2D eigenvalue weighted by Gasteiger charge is 2.18. The highest BCUT2D eigenvalue weighted by molar-refractivity contribution is 6.42. The number of halogens is 2. The third kappa shape index (κ3) is 4.51. The van der Waals surface area contributed by atoms with Crippen molar-refractivity contribution in [1.82, 2.24) is 15.1 Å². The van der Waals surface area contributed by atoms with Gasteiger partial charge in [0.15, 0.2) is 0 Å². The summed E-state index contributed by atoms with van der Waals surface area (Å²) in [6.45, 7) is 4.41. The van der Waals surface area contributed by atoms with E-state index < -0.39 is 0 Å². The summed E-state index contributed by atoms with van der Waals surface area (Å²) in [6, 6.07) is 5.66. The van der Waals surface area contributed by atoms with Crippen LogP contribution in [0.25, 0.3) is 0 Å². The van der Waals surface area contributed by atoms with Gasteiger partial charge in [0.2, 0.25) is 0 Å². The number of carbonyl (C=O) groups excluding carboxylic acids is 1. The monoisotopic (exact) mass is 394 g/mol. The molecule has 1 saturated carbocycles. The number of nitrogens with zero attached hydrogens (tertiary/aromatic N) is 2. The van der Waals surface area contributed by atoms with Crippen molar-refractivity contribution >= 4 is 34.9 Å². The highest BCUT2D eigenvalue weighted by atomic mass is 35.5. The summed E-state index contributed by atoms with van der Waals surface area (Å²) in [7, 11) is 0. The minimum absolute atomic E-state index is 0.155. The van der Waals surface area contributed by atoms with Crippen molar-refractivity contribution in [3.63, 3.8) is 0 Å². The van der Waals surface area contributed by atoms with Gasteiger partial charge in [-0.25, -0.2) is 4.79 Å². The molecule has 7 heteroatoms. The van der Waals surface area contributed by atoms with Gasteiger partial charge in [0.05, 0.1) is 33.7 Å². The highest BCUT2D eigenvalue weighted by Crippen LogP contribution is 2.25. The molecule has 1 aromatic heterocycles. The molecule has 2 aromatic rings. The number of rotatable bonds is 4. The third-order valence-electron chi connectivity index (χ3n) is 4.88. The van der Waals surface area contributed by atoms with E-state index in [4.69, 9.17) is 23.2 Å². The molecule has 0 radical (unpaired) electrons. The standard InChI is InChI=1S/C19H24Cl2N4O/c1-12-18(23-19(26)22-15-6-4-3-5-7-15)13(2)25(24-12)11-14-8-9-16(20)17(21)10-14/h8-10,15H,3-7,11H2,1-2H3,(H2,22,23,26). The quantitative estimate of drug-likeness (QED) is 0.737. The van der Waals surface area contributed by atoms with Crippen LogP contribution >= 0.6 is 23.2 Å². The van der Waals surface area contributed by atoms with Gasteiger partial charge in [0.25, 0.3) is 0 Å². The zero-order chi connectivity index (χ0) is 18.7. The van der Waals surface area contributed by atoms with Gasteiger partial charge >= 0.3 is 6.03 Å². The molecule has 1 aliphatic rings. The zero-order valence-electron chi connectivity index (χ0n) is 15.1. The van der Waals surface area contributed by atoms with Gasteiger partial charge < -0.3 is 10.6 Å². The molecule has 0 spiro atoms. The summed E-state index contributed by atoms with van der Waals surface area (Å²) in [5.41, 5.74) is 3.47. The maximum atomic E-state index is 12.3. The van der Waals surface area contributed by atoms with Crippen LogP contribution in [0.2, 0.25) is 10.0 Å². The number of amides is 2. The molecule has 0 atom stereocenters. The normalized spacial score (nSPS) is 15.1. The maximum absolute atomic E-state index is 12.3. The average molecular weight is 395 g/mol. The van der Waals surface area contributed by atoms with E-state index in [0.717, 1.165) is 35.5 Å². The van der Waals surface area contributed by atoms with Crippen LogP contribution in [-0.4, -0.2) is 21.9 Å². The van der Waals surface area contributed by atoms with Crippen molar-refractivity contribution in [2.24, 2.45) is 0 Å². The van der Waals surface area contributed by atoms with Crippen molar-refractivity contribution in [2.45, 2.75) is 58.5 Å². The molecule has 1 aliphatic carbocycles. The first-order valence-corrected chi connectivity index (χ1v) is 9.75. The Balaban J connectivity index is 1.68. The second kappa shape index (κ2) is 8.31. The molecule has 1 fully saturated rings. The van der Waals surface area contributed by atoms with E-state index in [1.807, 2.05) is 30.7 Å². The van der Waals surface area contributed by atoms with Gasteiger partial charge in [0.1, 0.15) is 0 Å². The Morgan fingerprint density at radius 1 is 1.19 bits per heavy atom. The van der Waals surface area contributed by atoms with Gasteiger partial charge in [-0.1, -0.05) is 48.5 Å². The van der Waals surface area contributed by atoms with Gasteiger partial charge in [0, 0.05) is 6.04 Å². The van der Waals surface area contributed by atoms with E-state index in [0.29, 0.717) is 16.6 Å². The van der Waals surface area contributed by atoms with E-state index in [2.05, 4.69) is 15.7 Å². The zero-order valence-corrected chi connectivity index (χ0v) is 16.6. The van der Waals surface area contributed by atoms with Crippen LogP contribution in [0.5, 0.6) is 0 Å². The van der Waals surface area contributed by atoms with Crippen molar-refractivity contribution in [3.8, 4) is 0 Å². The molecule has 2 amide bonds. The van der Waals surface area contributed by atoms with E-state index in [1.54, 1.807) is 6.07 Å². The number of nitrogens with one attached hydrogen (secondary N) is 2. The second-order valence-corrected chi connectivity index (χ2v) is 7.70. The number of anilines is 1. The average Bonchev–Trinajstić information content (AvgIpc) is 2.86. The van der Waals surface area contributed by atoms with Crippen molar-refractivity contribution < 1.29 is 4.79 Å². The summed E-state index contributed by atoms with van der Waals surface area (Å²) in [5.74, 6) is 0. The van der Waals surface area contributed by atoms with Crippen LogP contribution in [0.4, 0.5) is 10.5 Å². The van der Waals surface area contributed by atoms with E-state index in [9.17, 15) is 4.79 Å². The molecule has 1 aromatic carbocycles. The van der Waals surface area contributed by atoms with Crippen molar-refractivity contribution in [3.05, 3.63) is 45.2 Å². The number of hydrogen-bond acceptors (Lipinski definition) is 2. The first kappa shape index (κ1) is 19.1. The van der Waals surface area contributed by atoms with Gasteiger partial charge in [-0.3, -0.25) is 4.68 Å². The Hall–Kier alpha value is -1.72. The molecular weight excluding hydrogens is 371 g/mol. The van der Waals surface area contributed by atoms with E-state index in [1.165, 1.54) is 19.3 Å². The van der Waals surface area contributed by atoms with E-state index >= 15 is 0 Å². The van der Waals surface area contributed by atoms with Crippen LogP contribution in [-0.2, 0) is 6.54 Å². The summed E-state index contributed by atoms with van der Waals surface area (Å²) < 4.78 is 1.87. The summed E-state index contributed by atoms with van der Waals surface area (Å²) in [6.07, 6.45) is 5.75. The first-order valence-electron chi connectivity index (χ1n) is 8.99. The minimum Gasteiger partial charge on any atom is -0.335 e. The Labute approximate surface area is 164 Å². The number of benzene rings is 1. The van der Waals surface area contributed by atoms with Crippen LogP contribution in [0, 0.1) is 13.8 Å². The largest absolute Gasteiger partial charge is 0.335 e. The third-order valence-corrected chi connectivity index (χ3v) is 5.62. The fourth-order valence-electron chi connectivity index (χ4n) is 3.42. The fourth-order valence-corrected chi connectivity index (χ4v) is 3.75. The molecular formula is C19H24Cl2N4O. The Morgan fingerprint density at radius 2 is 1.92 bits per heavy atom. The number of aromatic nitrogens is 2. The minimum atomic E-state index is -0.155. The molecule has 26 heavy (non-hydrogen) atoms. The molecule has 0 aliphatic heterocycles. The molecule has 140 valence electrons. The Kier molecular flexibility index (Phi) is 6.09. The van der Waals surface area contributed by atoms with Crippen LogP contribution in [0.1, 0.15) is 49.1 Å². The predicted molar refractivity (Wildman–Crippen MR) is 106 cm³/mol. The molecule has 0 saturated heterocycles. The summed E-state index contributed by atoms with van der Waals surface area (Å²) >= 11 is 12.1. The molecule has 1 heterocycles. The summed E-state index contributed by atoms with van der Waals surface area (Å²) in [4.78, 5) is 12.3. The number of hydrogen-bond donors (Lipinski definition) is 2. The SMILES string of the molecule is Cc1nn(Cc2ccc(Cl)c(Cl)c2)c(C)c1NC(=O)NC1CCCCC1. The van der Waals surface area contributed by atoms with Gasteiger partial charge in [-0.2, -0.15) is 5.10 Å². The lowest BCUT2D eigenvalue weighted by molar-refractivity contribution is 0.244. The fraction of sp³-hybridized carbons (Fsp3) is 0.474. The number of carbonyl (C=O) groups is 1. The predicted octanol–water partition coefficient (Wildman–Crippen LogP) is 5.31. The lowest BCUT2D eigenvalue weighted by Crippen LogP contribution is -2.39. The van der Waals surface area contributed by atoms with Crippen molar-refractivity contribution in [1.29, 1.82) is 0 Å². The first-order chi connectivity index (χ1) is 12.4. The second-order valence-electron chi connectivity index (χ2n) is 6.89. The van der Waals surface area contributed by atoms with Gasteiger partial charge in [-0.05, 0) is 44.4 Å². The Bertz CT molecular complexity index is 797. The Morgan fingerprint density at radius 3 is 2.62 bits per heavy atom. The molecule has 0 bridgehead atoms. The van der Waals surface area contributed by atoms with Crippen LogP contribution < -0.4 is 10.6 Å². The topological polar surface area (TPSA) is 59.0 Å². The van der Waals surface area contributed by atoms with Crippen LogP contribution in [0.15, 0.2) is 18.2 Å². The van der Waals surface area contributed by atoms with E-state index in [-0.39, 0.29) is 12.1 Å². The number of urea groups is 1. The smallest absolute Gasteiger partial charge is 0.319 e. The van der Waals surface area contributed by atoms with Gasteiger partial charge in [-0.15, -0.1) is 0 Å². The summed E-state index contributed by atoms with van der Waals surface area (Å²) in [5, 5.41) is 11.7. The molecule has 3 rings (SSSR count). The number of aryl methyl sites for hydroxylation is 1. The molecule has 0 unspecified atom stereocenters. The lowest BCUT2D eigenvalue weighted by Gasteiger charge is -2.22. The molecule has 2 N–H and O–H groups in total. The maximum Gasteiger partial charge on any atom is 0.319 e. The lowest BCUT2D eigenvalue weighted by atomic mass is 9.96. The van der Waals surface area contributed by atoms with Crippen molar-refractivity contribution in [2.75, 3.05) is 5.32 Å².